The third kappa shape index (κ3) is 2.91. The third-order valence-corrected chi connectivity index (χ3v) is 2.57. The molecule has 1 rings (SSSR count). The standard InChI is InChI=1S/C11H17N3O3/c1-7-8(2)13-14(3)11(17)9(7)10(16)12-5-4-6-15/h15H,4-6H2,1-3H3,(H,12,16). The number of rotatable bonds is 4. The second-order valence-electron chi connectivity index (χ2n) is 3.85. The lowest BCUT2D eigenvalue weighted by atomic mass is 10.1. The Hall–Kier alpha value is -1.69. The van der Waals surface area contributed by atoms with Crippen molar-refractivity contribution in [1.82, 2.24) is 15.1 Å². The molecule has 1 heterocycles. The first-order chi connectivity index (χ1) is 7.99. The lowest BCUT2D eigenvalue weighted by molar-refractivity contribution is 0.0948. The minimum absolute atomic E-state index is 0.00659. The molecule has 0 atom stereocenters. The summed E-state index contributed by atoms with van der Waals surface area (Å²) in [5.41, 5.74) is 0.960. The molecule has 17 heavy (non-hydrogen) atoms. The Bertz CT molecular complexity index is 480. The van der Waals surface area contributed by atoms with Crippen molar-refractivity contribution in [1.29, 1.82) is 0 Å². The number of carbonyl (C=O) groups is 1. The Kier molecular flexibility index (Phi) is 4.39. The lowest BCUT2D eigenvalue weighted by Gasteiger charge is -2.09. The van der Waals surface area contributed by atoms with Crippen LogP contribution in [0.3, 0.4) is 0 Å². The van der Waals surface area contributed by atoms with Crippen molar-refractivity contribution >= 4 is 5.91 Å². The van der Waals surface area contributed by atoms with Crippen molar-refractivity contribution in [3.8, 4) is 0 Å². The number of hydrogen-bond acceptors (Lipinski definition) is 4. The Morgan fingerprint density at radius 2 is 2.12 bits per heavy atom. The predicted molar refractivity (Wildman–Crippen MR) is 63.0 cm³/mol. The first-order valence-electron chi connectivity index (χ1n) is 5.42. The third-order valence-electron chi connectivity index (χ3n) is 2.57. The van der Waals surface area contributed by atoms with Crippen LogP contribution in [0.1, 0.15) is 28.0 Å². The number of carbonyl (C=O) groups excluding carboxylic acids is 1. The van der Waals surface area contributed by atoms with E-state index in [4.69, 9.17) is 5.11 Å². The molecule has 6 heteroatoms. The van der Waals surface area contributed by atoms with Crippen molar-refractivity contribution in [2.24, 2.45) is 7.05 Å². The number of aliphatic hydroxyl groups excluding tert-OH is 1. The molecule has 6 nitrogen and oxygen atoms in total. The number of aliphatic hydroxyl groups is 1. The van der Waals surface area contributed by atoms with E-state index in [1.807, 2.05) is 0 Å². The largest absolute Gasteiger partial charge is 0.396 e. The van der Waals surface area contributed by atoms with Gasteiger partial charge in [-0.15, -0.1) is 0 Å². The van der Waals surface area contributed by atoms with Gasteiger partial charge in [-0.2, -0.15) is 5.10 Å². The fourth-order valence-electron chi connectivity index (χ4n) is 1.49. The minimum atomic E-state index is -0.415. The Morgan fingerprint density at radius 3 is 2.71 bits per heavy atom. The van der Waals surface area contributed by atoms with Gasteiger partial charge in [0.25, 0.3) is 11.5 Å². The van der Waals surface area contributed by atoms with Crippen LogP contribution in [0, 0.1) is 13.8 Å². The molecular weight excluding hydrogens is 222 g/mol. The number of hydrogen-bond donors (Lipinski definition) is 2. The normalized spacial score (nSPS) is 10.4. The van der Waals surface area contributed by atoms with Crippen LogP contribution in [0.25, 0.3) is 0 Å². The molecule has 0 radical (unpaired) electrons. The highest BCUT2D eigenvalue weighted by atomic mass is 16.3. The molecule has 2 N–H and O–H groups in total. The summed E-state index contributed by atoms with van der Waals surface area (Å²) in [6, 6.07) is 0. The Balaban J connectivity index is 3.05. The quantitative estimate of drug-likeness (QED) is 0.694. The van der Waals surface area contributed by atoms with Crippen LogP contribution in [0.4, 0.5) is 0 Å². The highest BCUT2D eigenvalue weighted by molar-refractivity contribution is 5.95. The number of amides is 1. The van der Waals surface area contributed by atoms with E-state index in [0.717, 1.165) is 4.68 Å². The highest BCUT2D eigenvalue weighted by Gasteiger charge is 2.17. The zero-order chi connectivity index (χ0) is 13.0. The molecule has 94 valence electrons. The van der Waals surface area contributed by atoms with E-state index in [1.54, 1.807) is 13.8 Å². The fraction of sp³-hybridized carbons (Fsp3) is 0.545. The molecule has 0 aromatic carbocycles. The summed E-state index contributed by atoms with van der Waals surface area (Å²) in [6.45, 7) is 3.80. The maximum atomic E-state index is 11.8. The first-order valence-corrected chi connectivity index (χ1v) is 5.42. The summed E-state index contributed by atoms with van der Waals surface area (Å²) >= 11 is 0. The van der Waals surface area contributed by atoms with Crippen LogP contribution in [0.2, 0.25) is 0 Å². The Morgan fingerprint density at radius 1 is 1.47 bits per heavy atom. The summed E-state index contributed by atoms with van der Waals surface area (Å²) in [5.74, 6) is -0.415. The van der Waals surface area contributed by atoms with Gasteiger partial charge in [0.05, 0.1) is 5.69 Å². The number of nitrogens with zero attached hydrogens (tertiary/aromatic N) is 2. The van der Waals surface area contributed by atoms with Crippen LogP contribution in [0.15, 0.2) is 4.79 Å². The van der Waals surface area contributed by atoms with Gasteiger partial charge in [0, 0.05) is 20.2 Å². The highest BCUT2D eigenvalue weighted by Crippen LogP contribution is 2.05. The van der Waals surface area contributed by atoms with E-state index in [1.165, 1.54) is 7.05 Å². The molecule has 0 aliphatic carbocycles. The molecule has 1 aromatic heterocycles. The summed E-state index contributed by atoms with van der Waals surface area (Å²) in [5, 5.41) is 15.2. The number of nitrogens with one attached hydrogen (secondary N) is 1. The summed E-state index contributed by atoms with van der Waals surface area (Å²) in [6.07, 6.45) is 0.467. The van der Waals surface area contributed by atoms with Crippen molar-refractivity contribution in [2.45, 2.75) is 20.3 Å². The zero-order valence-electron chi connectivity index (χ0n) is 10.3. The van der Waals surface area contributed by atoms with E-state index >= 15 is 0 Å². The van der Waals surface area contributed by atoms with Gasteiger partial charge < -0.3 is 10.4 Å². The summed E-state index contributed by atoms with van der Waals surface area (Å²) in [7, 11) is 1.51. The predicted octanol–water partition coefficient (Wildman–Crippen LogP) is -0.491. The van der Waals surface area contributed by atoms with E-state index < -0.39 is 11.5 Å². The molecule has 0 aliphatic heterocycles. The SMILES string of the molecule is Cc1nn(C)c(=O)c(C(=O)NCCCO)c1C. The molecule has 0 fully saturated rings. The van der Waals surface area contributed by atoms with Crippen molar-refractivity contribution in [3.63, 3.8) is 0 Å². The Labute approximate surface area is 99.3 Å². The van der Waals surface area contributed by atoms with Gasteiger partial charge in [-0.3, -0.25) is 9.59 Å². The van der Waals surface area contributed by atoms with E-state index in [2.05, 4.69) is 10.4 Å². The van der Waals surface area contributed by atoms with Crippen LogP contribution in [-0.4, -0.2) is 33.9 Å². The average Bonchev–Trinajstić information content (AvgIpc) is 2.27. The topological polar surface area (TPSA) is 84.2 Å². The molecule has 0 saturated heterocycles. The van der Waals surface area contributed by atoms with E-state index in [0.29, 0.717) is 24.2 Å². The average molecular weight is 239 g/mol. The molecule has 1 amide bonds. The second kappa shape index (κ2) is 5.58. The van der Waals surface area contributed by atoms with Crippen LogP contribution >= 0.6 is 0 Å². The van der Waals surface area contributed by atoms with Gasteiger partial charge in [-0.05, 0) is 25.8 Å². The fourth-order valence-corrected chi connectivity index (χ4v) is 1.49. The minimum Gasteiger partial charge on any atom is -0.396 e. The second-order valence-corrected chi connectivity index (χ2v) is 3.85. The lowest BCUT2D eigenvalue weighted by Crippen LogP contribution is -2.35. The van der Waals surface area contributed by atoms with Gasteiger partial charge in [-0.25, -0.2) is 4.68 Å². The molecule has 1 aromatic rings. The van der Waals surface area contributed by atoms with Gasteiger partial charge >= 0.3 is 0 Å². The maximum Gasteiger partial charge on any atom is 0.279 e. The van der Waals surface area contributed by atoms with Crippen molar-refractivity contribution in [2.75, 3.05) is 13.2 Å². The zero-order valence-corrected chi connectivity index (χ0v) is 10.3. The molecule has 0 spiro atoms. The molecule has 0 bridgehead atoms. The van der Waals surface area contributed by atoms with E-state index in [-0.39, 0.29) is 12.2 Å². The number of aryl methyl sites for hydroxylation is 2. The smallest absolute Gasteiger partial charge is 0.279 e. The molecule has 0 unspecified atom stereocenters. The van der Waals surface area contributed by atoms with Gasteiger partial charge in [0.15, 0.2) is 0 Å². The van der Waals surface area contributed by atoms with Gasteiger partial charge in [0.1, 0.15) is 5.56 Å². The summed E-state index contributed by atoms with van der Waals surface area (Å²) < 4.78 is 1.16. The van der Waals surface area contributed by atoms with Crippen LogP contribution in [0.5, 0.6) is 0 Å². The first kappa shape index (κ1) is 13.4. The maximum absolute atomic E-state index is 11.8. The van der Waals surface area contributed by atoms with Gasteiger partial charge in [-0.1, -0.05) is 0 Å². The number of aromatic nitrogens is 2. The molecular formula is C11H17N3O3. The summed E-state index contributed by atoms with van der Waals surface area (Å²) in [4.78, 5) is 23.6. The molecule has 0 saturated carbocycles. The monoisotopic (exact) mass is 239 g/mol. The molecule has 0 aliphatic rings. The van der Waals surface area contributed by atoms with Crippen LogP contribution in [-0.2, 0) is 7.05 Å². The van der Waals surface area contributed by atoms with Gasteiger partial charge in [0.2, 0.25) is 0 Å². The van der Waals surface area contributed by atoms with E-state index in [9.17, 15) is 9.59 Å². The van der Waals surface area contributed by atoms with Crippen LogP contribution < -0.4 is 10.9 Å². The van der Waals surface area contributed by atoms with Crippen molar-refractivity contribution < 1.29 is 9.90 Å². The van der Waals surface area contributed by atoms with Crippen molar-refractivity contribution in [3.05, 3.63) is 27.2 Å².